The standard InChI is InChI=1S/C18H20N2O/c1-3-10-21-17-8-6-15(7-9-17)13-20-18-11-16(12-19)5-4-14(18)2/h4-9,11,20H,3,10,13H2,1-2H3. The maximum Gasteiger partial charge on any atom is 0.119 e. The highest BCUT2D eigenvalue weighted by Gasteiger charge is 2.01. The first-order chi connectivity index (χ1) is 10.2. The van der Waals surface area contributed by atoms with Crippen LogP contribution in [0.1, 0.15) is 30.0 Å². The molecule has 0 heterocycles. The van der Waals surface area contributed by atoms with Gasteiger partial charge in [0.25, 0.3) is 0 Å². The molecule has 108 valence electrons. The molecule has 21 heavy (non-hydrogen) atoms. The number of rotatable bonds is 6. The second-order valence-corrected chi connectivity index (χ2v) is 4.99. The number of nitriles is 1. The summed E-state index contributed by atoms with van der Waals surface area (Å²) in [7, 11) is 0. The fraction of sp³-hybridized carbons (Fsp3) is 0.278. The molecule has 0 unspecified atom stereocenters. The Morgan fingerprint density at radius 2 is 1.90 bits per heavy atom. The molecule has 0 saturated carbocycles. The van der Waals surface area contributed by atoms with Crippen molar-refractivity contribution in [2.75, 3.05) is 11.9 Å². The minimum atomic E-state index is 0.673. The number of hydrogen-bond donors (Lipinski definition) is 1. The first-order valence-electron chi connectivity index (χ1n) is 7.19. The SMILES string of the molecule is CCCOc1ccc(CNc2cc(C#N)ccc2C)cc1. The first-order valence-corrected chi connectivity index (χ1v) is 7.19. The Balaban J connectivity index is 1.98. The molecule has 0 spiro atoms. The Labute approximate surface area is 126 Å². The zero-order chi connectivity index (χ0) is 15.1. The molecule has 0 atom stereocenters. The lowest BCUT2D eigenvalue weighted by molar-refractivity contribution is 0.317. The first kappa shape index (κ1) is 14.9. The van der Waals surface area contributed by atoms with Crippen molar-refractivity contribution in [2.24, 2.45) is 0 Å². The van der Waals surface area contributed by atoms with Crippen molar-refractivity contribution in [1.82, 2.24) is 0 Å². The van der Waals surface area contributed by atoms with E-state index in [9.17, 15) is 0 Å². The molecule has 0 saturated heterocycles. The summed E-state index contributed by atoms with van der Waals surface area (Å²) in [6.07, 6.45) is 1.01. The van der Waals surface area contributed by atoms with Crippen LogP contribution in [-0.2, 0) is 6.54 Å². The summed E-state index contributed by atoms with van der Waals surface area (Å²) in [5, 5.41) is 12.3. The zero-order valence-corrected chi connectivity index (χ0v) is 12.5. The van der Waals surface area contributed by atoms with Gasteiger partial charge < -0.3 is 10.1 Å². The Kier molecular flexibility index (Phi) is 5.22. The van der Waals surface area contributed by atoms with Crippen molar-refractivity contribution >= 4 is 5.69 Å². The number of nitrogens with one attached hydrogen (secondary N) is 1. The number of hydrogen-bond acceptors (Lipinski definition) is 3. The predicted octanol–water partition coefficient (Wildman–Crippen LogP) is 4.27. The summed E-state index contributed by atoms with van der Waals surface area (Å²) >= 11 is 0. The molecule has 0 aliphatic heterocycles. The van der Waals surface area contributed by atoms with Gasteiger partial charge in [-0.15, -0.1) is 0 Å². The second-order valence-electron chi connectivity index (χ2n) is 4.99. The van der Waals surface area contributed by atoms with E-state index >= 15 is 0 Å². The Morgan fingerprint density at radius 1 is 1.14 bits per heavy atom. The lowest BCUT2D eigenvalue weighted by atomic mass is 10.1. The molecule has 0 fully saturated rings. The number of benzene rings is 2. The molecule has 2 rings (SSSR count). The highest BCUT2D eigenvalue weighted by atomic mass is 16.5. The van der Waals surface area contributed by atoms with Crippen LogP contribution in [0.5, 0.6) is 5.75 Å². The molecule has 3 nitrogen and oxygen atoms in total. The molecule has 0 aliphatic carbocycles. The van der Waals surface area contributed by atoms with Gasteiger partial charge in [-0.2, -0.15) is 5.26 Å². The van der Waals surface area contributed by atoms with Gasteiger partial charge in [-0.3, -0.25) is 0 Å². The summed E-state index contributed by atoms with van der Waals surface area (Å²) in [4.78, 5) is 0. The monoisotopic (exact) mass is 280 g/mol. The summed E-state index contributed by atoms with van der Waals surface area (Å²) in [6, 6.07) is 15.9. The molecular weight excluding hydrogens is 260 g/mol. The van der Waals surface area contributed by atoms with Crippen LogP contribution in [0.25, 0.3) is 0 Å². The molecule has 3 heteroatoms. The van der Waals surface area contributed by atoms with Gasteiger partial charge in [-0.1, -0.05) is 25.1 Å². The van der Waals surface area contributed by atoms with Gasteiger partial charge in [0, 0.05) is 12.2 Å². The largest absolute Gasteiger partial charge is 0.494 e. The molecule has 0 aliphatic rings. The van der Waals surface area contributed by atoms with Gasteiger partial charge in [0.15, 0.2) is 0 Å². The van der Waals surface area contributed by atoms with Crippen molar-refractivity contribution < 1.29 is 4.74 Å². The summed E-state index contributed by atoms with van der Waals surface area (Å²) < 4.78 is 5.57. The number of nitrogens with zero attached hydrogens (tertiary/aromatic N) is 1. The van der Waals surface area contributed by atoms with E-state index in [1.54, 1.807) is 0 Å². The lowest BCUT2D eigenvalue weighted by Crippen LogP contribution is -2.02. The quantitative estimate of drug-likeness (QED) is 0.859. The van der Waals surface area contributed by atoms with Crippen LogP contribution in [0.4, 0.5) is 5.69 Å². The van der Waals surface area contributed by atoms with Crippen LogP contribution >= 0.6 is 0 Å². The van der Waals surface area contributed by atoms with Crippen molar-refractivity contribution in [3.63, 3.8) is 0 Å². The average molecular weight is 280 g/mol. The van der Waals surface area contributed by atoms with Crippen LogP contribution in [0, 0.1) is 18.3 Å². The Bertz CT molecular complexity index is 627. The van der Waals surface area contributed by atoms with Crippen molar-refractivity contribution in [2.45, 2.75) is 26.8 Å². The topological polar surface area (TPSA) is 45.0 Å². The van der Waals surface area contributed by atoms with E-state index in [-0.39, 0.29) is 0 Å². The number of aryl methyl sites for hydroxylation is 1. The number of anilines is 1. The lowest BCUT2D eigenvalue weighted by Gasteiger charge is -2.11. The maximum atomic E-state index is 8.95. The summed E-state index contributed by atoms with van der Waals surface area (Å²) in [5.41, 5.74) is 3.99. The number of ether oxygens (including phenoxy) is 1. The Morgan fingerprint density at radius 3 is 2.57 bits per heavy atom. The van der Waals surface area contributed by atoms with Crippen LogP contribution in [0.3, 0.4) is 0 Å². The third-order valence-corrected chi connectivity index (χ3v) is 3.25. The van der Waals surface area contributed by atoms with E-state index in [2.05, 4.69) is 30.4 Å². The van der Waals surface area contributed by atoms with Crippen molar-refractivity contribution in [3.8, 4) is 11.8 Å². The third-order valence-electron chi connectivity index (χ3n) is 3.25. The van der Waals surface area contributed by atoms with Crippen LogP contribution in [0.15, 0.2) is 42.5 Å². The second kappa shape index (κ2) is 7.35. The van der Waals surface area contributed by atoms with Gasteiger partial charge in [-0.05, 0) is 48.7 Å². The summed E-state index contributed by atoms with van der Waals surface area (Å²) in [6.45, 7) is 5.60. The van der Waals surface area contributed by atoms with Crippen LogP contribution in [-0.4, -0.2) is 6.61 Å². The molecule has 0 aromatic heterocycles. The highest BCUT2D eigenvalue weighted by molar-refractivity contribution is 5.55. The normalized spacial score (nSPS) is 9.95. The zero-order valence-electron chi connectivity index (χ0n) is 12.5. The molecule has 0 amide bonds. The van der Waals surface area contributed by atoms with Crippen molar-refractivity contribution in [3.05, 3.63) is 59.2 Å². The van der Waals surface area contributed by atoms with Gasteiger partial charge >= 0.3 is 0 Å². The van der Waals surface area contributed by atoms with E-state index < -0.39 is 0 Å². The molecule has 2 aromatic rings. The van der Waals surface area contributed by atoms with E-state index in [0.29, 0.717) is 5.56 Å². The van der Waals surface area contributed by atoms with Gasteiger partial charge in [-0.25, -0.2) is 0 Å². The van der Waals surface area contributed by atoms with Gasteiger partial charge in [0.1, 0.15) is 5.75 Å². The minimum absolute atomic E-state index is 0.673. The molecule has 0 bridgehead atoms. The summed E-state index contributed by atoms with van der Waals surface area (Å²) in [5.74, 6) is 0.906. The fourth-order valence-electron chi connectivity index (χ4n) is 2.00. The Hall–Kier alpha value is -2.47. The highest BCUT2D eigenvalue weighted by Crippen LogP contribution is 2.18. The maximum absolute atomic E-state index is 8.95. The van der Waals surface area contributed by atoms with Gasteiger partial charge in [0.2, 0.25) is 0 Å². The van der Waals surface area contributed by atoms with Gasteiger partial charge in [0.05, 0.1) is 18.2 Å². The van der Waals surface area contributed by atoms with E-state index in [4.69, 9.17) is 10.00 Å². The van der Waals surface area contributed by atoms with E-state index in [1.807, 2.05) is 37.3 Å². The molecule has 0 radical (unpaired) electrons. The third kappa shape index (κ3) is 4.25. The molecular formula is C18H20N2O. The molecule has 2 aromatic carbocycles. The van der Waals surface area contributed by atoms with E-state index in [0.717, 1.165) is 36.6 Å². The molecule has 1 N–H and O–H groups in total. The smallest absolute Gasteiger partial charge is 0.119 e. The van der Waals surface area contributed by atoms with E-state index in [1.165, 1.54) is 5.56 Å². The fourth-order valence-corrected chi connectivity index (χ4v) is 2.00. The minimum Gasteiger partial charge on any atom is -0.494 e. The van der Waals surface area contributed by atoms with Crippen molar-refractivity contribution in [1.29, 1.82) is 5.26 Å². The van der Waals surface area contributed by atoms with Crippen LogP contribution < -0.4 is 10.1 Å². The average Bonchev–Trinajstić information content (AvgIpc) is 2.53. The predicted molar refractivity (Wildman–Crippen MR) is 85.4 cm³/mol. The van der Waals surface area contributed by atoms with Crippen LogP contribution in [0.2, 0.25) is 0 Å².